The Balaban J connectivity index is 1.43. The number of benzene rings is 2. The molecule has 0 saturated heterocycles. The van der Waals surface area contributed by atoms with E-state index < -0.39 is 17.4 Å². The number of hydrogen-bond donors (Lipinski definition) is 1. The molecule has 35 heavy (non-hydrogen) atoms. The number of ether oxygens (including phenoxy) is 1. The summed E-state index contributed by atoms with van der Waals surface area (Å²) in [5, 5.41) is 11.3. The topological polar surface area (TPSA) is 64.1 Å². The van der Waals surface area contributed by atoms with Gasteiger partial charge in [-0.05, 0) is 80.7 Å². The summed E-state index contributed by atoms with van der Waals surface area (Å²) >= 11 is 6.27. The van der Waals surface area contributed by atoms with Crippen LogP contribution in [0.3, 0.4) is 0 Å². The van der Waals surface area contributed by atoms with Crippen LogP contribution in [0.2, 0.25) is 5.02 Å². The summed E-state index contributed by atoms with van der Waals surface area (Å²) in [5.41, 5.74) is 1.49. The number of fused-ring (bicyclic) bond motifs is 1. The van der Waals surface area contributed by atoms with Crippen LogP contribution >= 0.6 is 11.6 Å². The van der Waals surface area contributed by atoms with Crippen molar-refractivity contribution >= 4 is 17.5 Å². The fourth-order valence-corrected chi connectivity index (χ4v) is 5.02. The second kappa shape index (κ2) is 9.19. The van der Waals surface area contributed by atoms with E-state index in [0.717, 1.165) is 24.8 Å². The van der Waals surface area contributed by atoms with Gasteiger partial charge in [0.1, 0.15) is 5.56 Å². The van der Waals surface area contributed by atoms with Gasteiger partial charge in [-0.1, -0.05) is 35.9 Å². The fourth-order valence-electron chi connectivity index (χ4n) is 4.59. The van der Waals surface area contributed by atoms with E-state index in [0.29, 0.717) is 40.2 Å². The second-order valence-corrected chi connectivity index (χ2v) is 9.97. The number of amides is 1. The first-order valence-corrected chi connectivity index (χ1v) is 12.2. The van der Waals surface area contributed by atoms with Crippen LogP contribution in [-0.4, -0.2) is 22.6 Å². The highest BCUT2D eigenvalue weighted by Crippen LogP contribution is 2.43. The molecule has 0 bridgehead atoms. The van der Waals surface area contributed by atoms with Gasteiger partial charge in [-0.15, -0.1) is 5.10 Å². The van der Waals surface area contributed by atoms with Gasteiger partial charge in [0.05, 0.1) is 12.2 Å². The Labute approximate surface area is 207 Å². The highest BCUT2D eigenvalue weighted by Gasteiger charge is 2.33. The number of carbonyl (C=O) groups excluding carboxylic acids is 1. The summed E-state index contributed by atoms with van der Waals surface area (Å²) in [4.78, 5) is 13.4. The Hall–Kier alpha value is -3.06. The molecule has 8 heteroatoms. The lowest BCUT2D eigenvalue weighted by Gasteiger charge is -2.23. The van der Waals surface area contributed by atoms with Gasteiger partial charge in [0.15, 0.2) is 17.2 Å². The number of alkyl halides is 1. The number of hydrogen-bond acceptors (Lipinski definition) is 4. The number of halogens is 3. The lowest BCUT2D eigenvalue weighted by molar-refractivity contribution is 0.0906. The molecule has 1 aromatic heterocycles. The van der Waals surface area contributed by atoms with E-state index in [1.807, 2.05) is 6.92 Å². The molecule has 1 unspecified atom stereocenters. The van der Waals surface area contributed by atoms with Crippen LogP contribution in [0, 0.1) is 12.7 Å². The predicted molar refractivity (Wildman–Crippen MR) is 129 cm³/mol. The molecule has 1 atom stereocenters. The molecule has 0 spiro atoms. The van der Waals surface area contributed by atoms with Crippen molar-refractivity contribution < 1.29 is 18.3 Å². The largest absolute Gasteiger partial charge is 0.434 e. The average molecular weight is 498 g/mol. The van der Waals surface area contributed by atoms with E-state index in [1.165, 1.54) is 13.0 Å². The van der Waals surface area contributed by atoms with Crippen molar-refractivity contribution in [3.05, 3.63) is 80.7 Å². The van der Waals surface area contributed by atoms with Gasteiger partial charge in [0, 0.05) is 10.6 Å². The minimum atomic E-state index is -1.91. The Morgan fingerprint density at radius 2 is 2.03 bits per heavy atom. The molecule has 5 nitrogen and oxygen atoms in total. The zero-order valence-electron chi connectivity index (χ0n) is 19.6. The molecule has 5 rings (SSSR count). The van der Waals surface area contributed by atoms with Crippen LogP contribution in [-0.2, 0) is 18.5 Å². The van der Waals surface area contributed by atoms with Crippen molar-refractivity contribution in [2.75, 3.05) is 6.54 Å². The van der Waals surface area contributed by atoms with Crippen LogP contribution in [0.5, 0.6) is 11.6 Å². The smallest absolute Gasteiger partial charge is 0.257 e. The zero-order chi connectivity index (χ0) is 24.7. The highest BCUT2D eigenvalue weighted by atomic mass is 35.5. The number of carbonyl (C=O) groups is 1. The summed E-state index contributed by atoms with van der Waals surface area (Å²) in [7, 11) is 0. The molecule has 0 aliphatic heterocycles. The third-order valence-corrected chi connectivity index (χ3v) is 6.99. The van der Waals surface area contributed by atoms with Crippen molar-refractivity contribution in [3.8, 4) is 11.6 Å². The molecule has 2 aliphatic rings. The van der Waals surface area contributed by atoms with E-state index in [-0.39, 0.29) is 29.7 Å². The van der Waals surface area contributed by atoms with Crippen molar-refractivity contribution in [1.29, 1.82) is 0 Å². The first kappa shape index (κ1) is 23.7. The molecule has 1 heterocycles. The molecule has 0 radical (unpaired) electrons. The summed E-state index contributed by atoms with van der Waals surface area (Å²) in [5.74, 6) is -0.877. The molecule has 2 aromatic carbocycles. The first-order valence-electron chi connectivity index (χ1n) is 11.8. The van der Waals surface area contributed by atoms with Gasteiger partial charge in [0.25, 0.3) is 11.8 Å². The first-order chi connectivity index (χ1) is 16.7. The Bertz CT molecular complexity index is 1310. The van der Waals surface area contributed by atoms with Crippen LogP contribution in [0.4, 0.5) is 8.78 Å². The maximum absolute atomic E-state index is 15.6. The molecule has 2 aliphatic carbocycles. The van der Waals surface area contributed by atoms with E-state index in [2.05, 4.69) is 15.5 Å². The maximum atomic E-state index is 15.6. The third-order valence-electron chi connectivity index (χ3n) is 6.68. The average Bonchev–Trinajstić information content (AvgIpc) is 3.55. The van der Waals surface area contributed by atoms with Crippen molar-refractivity contribution in [1.82, 2.24) is 15.5 Å². The maximum Gasteiger partial charge on any atom is 0.257 e. The van der Waals surface area contributed by atoms with Gasteiger partial charge in [0.2, 0.25) is 0 Å². The van der Waals surface area contributed by atoms with Crippen LogP contribution in [0.1, 0.15) is 70.4 Å². The van der Waals surface area contributed by atoms with Gasteiger partial charge >= 0.3 is 0 Å². The number of rotatable bonds is 7. The lowest BCUT2D eigenvalue weighted by atomic mass is 9.96. The summed E-state index contributed by atoms with van der Waals surface area (Å²) < 4.78 is 36.5. The van der Waals surface area contributed by atoms with E-state index in [4.69, 9.17) is 16.3 Å². The van der Waals surface area contributed by atoms with Gasteiger partial charge in [-0.25, -0.2) is 8.78 Å². The van der Waals surface area contributed by atoms with Crippen molar-refractivity contribution in [2.45, 2.75) is 57.5 Å². The monoisotopic (exact) mass is 497 g/mol. The second-order valence-electron chi connectivity index (χ2n) is 9.56. The minimum absolute atomic E-state index is 0.00235. The Morgan fingerprint density at radius 3 is 2.77 bits per heavy atom. The van der Waals surface area contributed by atoms with E-state index in [9.17, 15) is 4.79 Å². The van der Waals surface area contributed by atoms with Crippen molar-refractivity contribution in [2.24, 2.45) is 0 Å². The lowest BCUT2D eigenvalue weighted by Crippen LogP contribution is -2.36. The third kappa shape index (κ3) is 4.74. The number of nitrogens with one attached hydrogen (secondary N) is 1. The summed E-state index contributed by atoms with van der Waals surface area (Å²) in [6.45, 7) is 2.93. The normalized spacial score (nSPS) is 16.5. The number of aromatic nitrogens is 2. The molecule has 1 amide bonds. The quantitative estimate of drug-likeness (QED) is 0.413. The zero-order valence-corrected chi connectivity index (χ0v) is 20.4. The molecule has 1 N–H and O–H groups in total. The Morgan fingerprint density at radius 1 is 1.23 bits per heavy atom. The molecular formula is C27H26ClF2N3O2. The molecule has 3 aromatic rings. The fraction of sp³-hybridized carbons (Fsp3) is 0.370. The van der Waals surface area contributed by atoms with Crippen LogP contribution in [0.25, 0.3) is 0 Å². The number of aryl methyl sites for hydroxylation is 2. The van der Waals surface area contributed by atoms with Gasteiger partial charge < -0.3 is 10.1 Å². The Kier molecular flexibility index (Phi) is 6.21. The molecule has 1 fully saturated rings. The summed E-state index contributed by atoms with van der Waals surface area (Å²) in [6.07, 6.45) is 4.01. The van der Waals surface area contributed by atoms with Crippen LogP contribution in [0.15, 0.2) is 36.4 Å². The van der Waals surface area contributed by atoms with Crippen molar-refractivity contribution in [3.63, 3.8) is 0 Å². The van der Waals surface area contributed by atoms with Gasteiger partial charge in [-0.3, -0.25) is 4.79 Å². The van der Waals surface area contributed by atoms with Crippen LogP contribution < -0.4 is 10.1 Å². The summed E-state index contributed by atoms with van der Waals surface area (Å²) in [6, 6.07) is 10.1. The predicted octanol–water partition coefficient (Wildman–Crippen LogP) is 6.35. The highest BCUT2D eigenvalue weighted by molar-refractivity contribution is 6.31. The van der Waals surface area contributed by atoms with E-state index in [1.54, 1.807) is 30.3 Å². The number of nitrogens with zero attached hydrogens (tertiary/aromatic N) is 2. The molecule has 182 valence electrons. The molecule has 1 saturated carbocycles. The minimum Gasteiger partial charge on any atom is -0.434 e. The standard InChI is InChI=1S/C27H26ClF2N3O2/c1-15-9-12-19(20(28)13-15)27(2,30)14-31-25(34)23-18-6-3-7-21(18)32-33-26(23)35-22-8-4-5-17(24(22)29)16-10-11-16/h4-5,8-9,12-13,16H,3,6-7,10-11,14H2,1-2H3,(H,31,34). The SMILES string of the molecule is Cc1ccc(C(C)(F)CNC(=O)c2c(Oc3cccc(C4CC4)c3F)nnc3c2CCC3)c(Cl)c1. The van der Waals surface area contributed by atoms with Gasteiger partial charge in [-0.2, -0.15) is 5.10 Å². The van der Waals surface area contributed by atoms with E-state index >= 15 is 8.78 Å². The molecular weight excluding hydrogens is 472 g/mol.